The van der Waals surface area contributed by atoms with Gasteiger partial charge in [0, 0.05) is 13.1 Å². The maximum absolute atomic E-state index is 12.4. The summed E-state index contributed by atoms with van der Waals surface area (Å²) in [5.41, 5.74) is 6.71. The predicted molar refractivity (Wildman–Crippen MR) is 99.3 cm³/mol. The largest absolute Gasteiger partial charge is 0.493 e. The lowest BCUT2D eigenvalue weighted by atomic mass is 10.2. The van der Waals surface area contributed by atoms with E-state index in [1.165, 1.54) is 0 Å². The van der Waals surface area contributed by atoms with Gasteiger partial charge in [0.05, 0.1) is 13.0 Å². The molecule has 0 saturated heterocycles. The Hall–Kier alpha value is -2.04. The number of benzene rings is 2. The molecule has 130 valence electrons. The highest BCUT2D eigenvalue weighted by Gasteiger charge is 2.13. The first kappa shape index (κ1) is 20.0. The second-order valence-corrected chi connectivity index (χ2v) is 5.35. The minimum Gasteiger partial charge on any atom is -0.493 e. The molecule has 5 heteroatoms. The molecule has 24 heavy (non-hydrogen) atoms. The first-order valence-electron chi connectivity index (χ1n) is 7.99. The van der Waals surface area contributed by atoms with Gasteiger partial charge < -0.3 is 15.4 Å². The average molecular weight is 349 g/mol. The van der Waals surface area contributed by atoms with Crippen LogP contribution in [0.25, 0.3) is 0 Å². The Labute approximate surface area is 150 Å². The Morgan fingerprint density at radius 1 is 1.00 bits per heavy atom. The van der Waals surface area contributed by atoms with Crippen LogP contribution in [0, 0.1) is 0 Å². The van der Waals surface area contributed by atoms with Gasteiger partial charge in [0.1, 0.15) is 5.75 Å². The van der Waals surface area contributed by atoms with Crippen LogP contribution in [-0.2, 0) is 11.3 Å². The molecule has 0 bridgehead atoms. The van der Waals surface area contributed by atoms with E-state index >= 15 is 0 Å². The smallest absolute Gasteiger partial charge is 0.226 e. The summed E-state index contributed by atoms with van der Waals surface area (Å²) >= 11 is 0. The zero-order valence-corrected chi connectivity index (χ0v) is 14.6. The Bertz CT molecular complexity index is 578. The van der Waals surface area contributed by atoms with Gasteiger partial charge in [-0.3, -0.25) is 4.79 Å². The number of rotatable bonds is 9. The first-order chi connectivity index (χ1) is 11.3. The fourth-order valence-corrected chi connectivity index (χ4v) is 2.31. The third kappa shape index (κ3) is 7.02. The van der Waals surface area contributed by atoms with Crippen LogP contribution in [0.1, 0.15) is 18.4 Å². The zero-order valence-electron chi connectivity index (χ0n) is 13.8. The number of para-hydroxylation sites is 1. The number of hydrogen-bond donors (Lipinski definition) is 1. The van der Waals surface area contributed by atoms with Crippen molar-refractivity contribution < 1.29 is 9.53 Å². The highest BCUT2D eigenvalue weighted by Crippen LogP contribution is 2.10. The minimum absolute atomic E-state index is 0. The molecule has 2 aromatic carbocycles. The van der Waals surface area contributed by atoms with Crippen LogP contribution >= 0.6 is 12.4 Å². The number of ether oxygens (including phenoxy) is 1. The monoisotopic (exact) mass is 348 g/mol. The van der Waals surface area contributed by atoms with Crippen LogP contribution < -0.4 is 10.5 Å². The van der Waals surface area contributed by atoms with Gasteiger partial charge >= 0.3 is 0 Å². The number of nitrogens with two attached hydrogens (primary N) is 1. The van der Waals surface area contributed by atoms with Crippen molar-refractivity contribution in [2.75, 3.05) is 19.7 Å². The number of hydrogen-bond acceptors (Lipinski definition) is 3. The number of carbonyl (C=O) groups is 1. The third-order valence-electron chi connectivity index (χ3n) is 3.53. The van der Waals surface area contributed by atoms with E-state index in [9.17, 15) is 4.79 Å². The van der Waals surface area contributed by atoms with E-state index in [1.54, 1.807) is 0 Å². The minimum atomic E-state index is 0. The van der Waals surface area contributed by atoms with Crippen molar-refractivity contribution in [1.29, 1.82) is 0 Å². The summed E-state index contributed by atoms with van der Waals surface area (Å²) in [5, 5.41) is 0. The molecule has 2 N–H and O–H groups in total. The van der Waals surface area contributed by atoms with E-state index in [0.29, 0.717) is 32.7 Å². The SMILES string of the molecule is Cl.NCCCN(Cc1ccccc1)C(=O)CCOc1ccccc1. The third-order valence-corrected chi connectivity index (χ3v) is 3.53. The molecule has 0 fully saturated rings. The molecule has 0 aromatic heterocycles. The van der Waals surface area contributed by atoms with Crippen LogP contribution in [0.2, 0.25) is 0 Å². The Balaban J connectivity index is 0.00000288. The quantitative estimate of drug-likeness (QED) is 0.756. The van der Waals surface area contributed by atoms with Crippen molar-refractivity contribution in [3.63, 3.8) is 0 Å². The number of halogens is 1. The summed E-state index contributed by atoms with van der Waals surface area (Å²) in [6, 6.07) is 19.6. The van der Waals surface area contributed by atoms with Crippen molar-refractivity contribution in [1.82, 2.24) is 4.90 Å². The van der Waals surface area contributed by atoms with Crippen LogP contribution in [0.3, 0.4) is 0 Å². The van der Waals surface area contributed by atoms with E-state index in [-0.39, 0.29) is 18.3 Å². The molecule has 0 atom stereocenters. The standard InChI is InChI=1S/C19H24N2O2.ClH/c20-13-7-14-21(16-17-8-3-1-4-9-17)19(22)12-15-23-18-10-5-2-6-11-18;/h1-6,8-11H,7,12-16,20H2;1H. The van der Waals surface area contributed by atoms with Crippen molar-refractivity contribution in [2.24, 2.45) is 5.73 Å². The first-order valence-corrected chi connectivity index (χ1v) is 7.99. The van der Waals surface area contributed by atoms with Gasteiger partial charge in [0.15, 0.2) is 0 Å². The van der Waals surface area contributed by atoms with Gasteiger partial charge in [-0.05, 0) is 30.7 Å². The lowest BCUT2D eigenvalue weighted by Gasteiger charge is -2.23. The second kappa shape index (κ2) is 11.5. The fourth-order valence-electron chi connectivity index (χ4n) is 2.31. The molecule has 2 aromatic rings. The maximum atomic E-state index is 12.4. The van der Waals surface area contributed by atoms with E-state index in [0.717, 1.165) is 17.7 Å². The van der Waals surface area contributed by atoms with E-state index in [1.807, 2.05) is 65.6 Å². The summed E-state index contributed by atoms with van der Waals surface area (Å²) in [5.74, 6) is 0.884. The normalized spacial score (nSPS) is 9.88. The fraction of sp³-hybridized carbons (Fsp3) is 0.316. The lowest BCUT2D eigenvalue weighted by Crippen LogP contribution is -2.33. The predicted octanol–water partition coefficient (Wildman–Crippen LogP) is 3.25. The zero-order chi connectivity index (χ0) is 16.3. The van der Waals surface area contributed by atoms with Crippen molar-refractivity contribution in [3.05, 3.63) is 66.2 Å². The van der Waals surface area contributed by atoms with E-state index < -0.39 is 0 Å². The van der Waals surface area contributed by atoms with Gasteiger partial charge in [-0.1, -0.05) is 48.5 Å². The molecule has 0 saturated carbocycles. The van der Waals surface area contributed by atoms with Crippen LogP contribution in [-0.4, -0.2) is 30.5 Å². The molecule has 2 rings (SSSR count). The molecule has 0 radical (unpaired) electrons. The summed E-state index contributed by atoms with van der Waals surface area (Å²) in [6.45, 7) is 2.26. The summed E-state index contributed by atoms with van der Waals surface area (Å²) in [6.07, 6.45) is 1.17. The van der Waals surface area contributed by atoms with Gasteiger partial charge in [0.25, 0.3) is 0 Å². The molecular weight excluding hydrogens is 324 g/mol. The lowest BCUT2D eigenvalue weighted by molar-refractivity contribution is -0.132. The highest BCUT2D eigenvalue weighted by atomic mass is 35.5. The highest BCUT2D eigenvalue weighted by molar-refractivity contribution is 5.85. The molecular formula is C19H25ClN2O2. The molecule has 0 unspecified atom stereocenters. The number of carbonyl (C=O) groups excluding carboxylic acids is 1. The Morgan fingerprint density at radius 2 is 1.62 bits per heavy atom. The van der Waals surface area contributed by atoms with Gasteiger partial charge in [0.2, 0.25) is 5.91 Å². The maximum Gasteiger partial charge on any atom is 0.226 e. The molecule has 4 nitrogen and oxygen atoms in total. The summed E-state index contributed by atoms with van der Waals surface area (Å²) in [7, 11) is 0. The molecule has 0 aliphatic heterocycles. The summed E-state index contributed by atoms with van der Waals surface area (Å²) < 4.78 is 5.61. The second-order valence-electron chi connectivity index (χ2n) is 5.35. The molecule has 0 spiro atoms. The van der Waals surface area contributed by atoms with Crippen molar-refractivity contribution in [3.8, 4) is 5.75 Å². The molecule has 0 aliphatic carbocycles. The topological polar surface area (TPSA) is 55.6 Å². The Kier molecular flexibility index (Phi) is 9.58. The Morgan fingerprint density at radius 3 is 2.25 bits per heavy atom. The van der Waals surface area contributed by atoms with E-state index in [4.69, 9.17) is 10.5 Å². The van der Waals surface area contributed by atoms with Crippen molar-refractivity contribution in [2.45, 2.75) is 19.4 Å². The van der Waals surface area contributed by atoms with Crippen LogP contribution in [0.15, 0.2) is 60.7 Å². The average Bonchev–Trinajstić information content (AvgIpc) is 2.60. The van der Waals surface area contributed by atoms with Crippen molar-refractivity contribution >= 4 is 18.3 Å². The van der Waals surface area contributed by atoms with Gasteiger partial charge in [-0.25, -0.2) is 0 Å². The van der Waals surface area contributed by atoms with Crippen LogP contribution in [0.4, 0.5) is 0 Å². The molecule has 1 amide bonds. The van der Waals surface area contributed by atoms with E-state index in [2.05, 4.69) is 0 Å². The van der Waals surface area contributed by atoms with Gasteiger partial charge in [-0.15, -0.1) is 12.4 Å². The molecule has 0 aliphatic rings. The van der Waals surface area contributed by atoms with Crippen LogP contribution in [0.5, 0.6) is 5.75 Å². The number of nitrogens with zero attached hydrogens (tertiary/aromatic N) is 1. The van der Waals surface area contributed by atoms with Gasteiger partial charge in [-0.2, -0.15) is 0 Å². The summed E-state index contributed by atoms with van der Waals surface area (Å²) in [4.78, 5) is 14.3. The number of amides is 1. The molecule has 0 heterocycles.